The molecule has 0 bridgehead atoms. The summed E-state index contributed by atoms with van der Waals surface area (Å²) >= 11 is 0. The quantitative estimate of drug-likeness (QED) is 0.699. The lowest BCUT2D eigenvalue weighted by molar-refractivity contribution is -0.111. The molecular weight excluding hydrogens is 360 g/mol. The molecule has 0 heterocycles. The van der Waals surface area contributed by atoms with Crippen molar-refractivity contribution in [2.24, 2.45) is 0 Å². The Labute approximate surface area is 161 Å². The zero-order valence-corrected chi connectivity index (χ0v) is 16.8. The molecule has 0 atom stereocenters. The fraction of sp³-hybridized carbons (Fsp3) is 0.286. The van der Waals surface area contributed by atoms with Crippen LogP contribution in [0.4, 0.5) is 5.69 Å². The normalized spacial score (nSPS) is 11.9. The molecule has 2 aromatic rings. The van der Waals surface area contributed by atoms with Gasteiger partial charge in [0, 0.05) is 24.9 Å². The summed E-state index contributed by atoms with van der Waals surface area (Å²) in [5.74, 6) is -0.233. The molecule has 0 unspecified atom stereocenters. The molecular formula is C21H26N2O3S. The molecule has 144 valence electrons. The number of carbonyl (C=O) groups is 1. The number of aryl methyl sites for hydroxylation is 1. The fourth-order valence-corrected chi connectivity index (χ4v) is 4.15. The molecule has 6 heteroatoms. The van der Waals surface area contributed by atoms with Gasteiger partial charge in [0.15, 0.2) is 0 Å². The van der Waals surface area contributed by atoms with Crippen molar-refractivity contribution in [1.29, 1.82) is 0 Å². The number of anilines is 1. The van der Waals surface area contributed by atoms with Crippen LogP contribution in [0.2, 0.25) is 0 Å². The van der Waals surface area contributed by atoms with Crippen LogP contribution in [0, 0.1) is 0 Å². The highest BCUT2D eigenvalue weighted by Gasteiger charge is 2.20. The Morgan fingerprint density at radius 1 is 1.04 bits per heavy atom. The van der Waals surface area contributed by atoms with Crippen molar-refractivity contribution in [3.63, 3.8) is 0 Å². The van der Waals surface area contributed by atoms with Crippen LogP contribution in [0.3, 0.4) is 0 Å². The molecule has 0 aromatic heterocycles. The second-order valence-electron chi connectivity index (χ2n) is 6.03. The number of benzene rings is 2. The summed E-state index contributed by atoms with van der Waals surface area (Å²) in [6.45, 7) is 6.55. The highest BCUT2D eigenvalue weighted by molar-refractivity contribution is 7.89. The van der Waals surface area contributed by atoms with Gasteiger partial charge in [-0.2, -0.15) is 4.31 Å². The van der Waals surface area contributed by atoms with Crippen molar-refractivity contribution in [3.05, 3.63) is 65.7 Å². The standard InChI is InChI=1S/C21H26N2O3S/c1-4-17-8-7-9-19(16-17)22-21(24)15-12-18-10-13-20(14-11-18)27(25,26)23(5-2)6-3/h7-16H,4-6H2,1-3H3,(H,22,24)/b15-12+. The number of nitrogens with zero attached hydrogens (tertiary/aromatic N) is 1. The summed E-state index contributed by atoms with van der Waals surface area (Å²) in [6, 6.07) is 14.2. The summed E-state index contributed by atoms with van der Waals surface area (Å²) in [6.07, 6.45) is 4.00. The van der Waals surface area contributed by atoms with E-state index in [1.807, 2.05) is 38.1 Å². The number of hydrogen-bond acceptors (Lipinski definition) is 3. The third-order valence-corrected chi connectivity index (χ3v) is 6.32. The minimum atomic E-state index is -3.47. The molecule has 0 spiro atoms. The van der Waals surface area contributed by atoms with E-state index in [4.69, 9.17) is 0 Å². The van der Waals surface area contributed by atoms with Crippen LogP contribution in [0.25, 0.3) is 6.08 Å². The highest BCUT2D eigenvalue weighted by atomic mass is 32.2. The van der Waals surface area contributed by atoms with E-state index in [0.29, 0.717) is 13.1 Å². The van der Waals surface area contributed by atoms with Crippen LogP contribution in [0.5, 0.6) is 0 Å². The first kappa shape index (κ1) is 20.9. The van der Waals surface area contributed by atoms with Crippen molar-refractivity contribution < 1.29 is 13.2 Å². The number of amides is 1. The Kier molecular flexibility index (Phi) is 7.33. The van der Waals surface area contributed by atoms with E-state index >= 15 is 0 Å². The molecule has 0 fully saturated rings. The predicted octanol–water partition coefficient (Wildman–Crippen LogP) is 3.93. The maximum Gasteiger partial charge on any atom is 0.248 e. The van der Waals surface area contributed by atoms with Gasteiger partial charge in [-0.05, 0) is 47.9 Å². The van der Waals surface area contributed by atoms with Crippen LogP contribution in [-0.2, 0) is 21.2 Å². The van der Waals surface area contributed by atoms with Gasteiger partial charge in [-0.3, -0.25) is 4.79 Å². The third kappa shape index (κ3) is 5.52. The zero-order valence-electron chi connectivity index (χ0n) is 16.0. The number of hydrogen-bond donors (Lipinski definition) is 1. The summed E-state index contributed by atoms with van der Waals surface area (Å²) < 4.78 is 26.4. The minimum absolute atomic E-state index is 0.233. The Morgan fingerprint density at radius 3 is 2.30 bits per heavy atom. The lowest BCUT2D eigenvalue weighted by Crippen LogP contribution is -2.30. The molecule has 0 aliphatic carbocycles. The molecule has 1 amide bonds. The first-order valence-electron chi connectivity index (χ1n) is 9.08. The smallest absolute Gasteiger partial charge is 0.248 e. The molecule has 27 heavy (non-hydrogen) atoms. The lowest BCUT2D eigenvalue weighted by Gasteiger charge is -2.18. The summed E-state index contributed by atoms with van der Waals surface area (Å²) in [5.41, 5.74) is 2.66. The molecule has 1 N–H and O–H groups in total. The molecule has 0 saturated heterocycles. The van der Waals surface area contributed by atoms with E-state index in [-0.39, 0.29) is 10.8 Å². The SMILES string of the molecule is CCc1cccc(NC(=O)/C=C/c2ccc(S(=O)(=O)N(CC)CC)cc2)c1. The van der Waals surface area contributed by atoms with Crippen LogP contribution >= 0.6 is 0 Å². The van der Waals surface area contributed by atoms with Gasteiger partial charge in [0.2, 0.25) is 15.9 Å². The second-order valence-corrected chi connectivity index (χ2v) is 7.97. The molecule has 0 aliphatic rings. The largest absolute Gasteiger partial charge is 0.323 e. The topological polar surface area (TPSA) is 66.5 Å². The molecule has 0 aliphatic heterocycles. The zero-order chi connectivity index (χ0) is 19.9. The van der Waals surface area contributed by atoms with Gasteiger partial charge in [-0.1, -0.05) is 45.0 Å². The number of rotatable bonds is 8. The minimum Gasteiger partial charge on any atom is -0.323 e. The van der Waals surface area contributed by atoms with Crippen molar-refractivity contribution >= 4 is 27.7 Å². The van der Waals surface area contributed by atoms with E-state index in [9.17, 15) is 13.2 Å². The van der Waals surface area contributed by atoms with Gasteiger partial charge < -0.3 is 5.32 Å². The van der Waals surface area contributed by atoms with Crippen molar-refractivity contribution in [2.75, 3.05) is 18.4 Å². The van der Waals surface area contributed by atoms with E-state index in [1.54, 1.807) is 30.3 Å². The Bertz CT molecular complexity index is 899. The molecule has 2 aromatic carbocycles. The van der Waals surface area contributed by atoms with E-state index in [0.717, 1.165) is 23.2 Å². The van der Waals surface area contributed by atoms with Gasteiger partial charge in [0.1, 0.15) is 0 Å². The van der Waals surface area contributed by atoms with Gasteiger partial charge in [0.05, 0.1) is 4.90 Å². The fourth-order valence-electron chi connectivity index (χ4n) is 2.69. The number of carbonyl (C=O) groups excluding carboxylic acids is 1. The first-order valence-corrected chi connectivity index (χ1v) is 10.5. The number of nitrogens with one attached hydrogen (secondary N) is 1. The first-order chi connectivity index (χ1) is 12.9. The second kappa shape index (κ2) is 9.48. The van der Waals surface area contributed by atoms with Gasteiger partial charge in [0.25, 0.3) is 0 Å². The molecule has 5 nitrogen and oxygen atoms in total. The maximum absolute atomic E-state index is 12.5. The van der Waals surface area contributed by atoms with Gasteiger partial charge in [-0.15, -0.1) is 0 Å². The molecule has 2 rings (SSSR count). The Hall–Kier alpha value is -2.44. The van der Waals surface area contributed by atoms with E-state index < -0.39 is 10.0 Å². The van der Waals surface area contributed by atoms with Crippen LogP contribution < -0.4 is 5.32 Å². The van der Waals surface area contributed by atoms with E-state index in [1.165, 1.54) is 10.4 Å². The van der Waals surface area contributed by atoms with Gasteiger partial charge >= 0.3 is 0 Å². The summed E-state index contributed by atoms with van der Waals surface area (Å²) in [4.78, 5) is 12.3. The average Bonchev–Trinajstić information content (AvgIpc) is 2.67. The van der Waals surface area contributed by atoms with Crippen LogP contribution in [-0.4, -0.2) is 31.7 Å². The maximum atomic E-state index is 12.5. The van der Waals surface area contributed by atoms with Gasteiger partial charge in [-0.25, -0.2) is 8.42 Å². The van der Waals surface area contributed by atoms with Crippen LogP contribution in [0.15, 0.2) is 59.5 Å². The summed E-state index contributed by atoms with van der Waals surface area (Å²) in [7, 11) is -3.47. The number of sulfonamides is 1. The van der Waals surface area contributed by atoms with Crippen LogP contribution in [0.1, 0.15) is 31.9 Å². The summed E-state index contributed by atoms with van der Waals surface area (Å²) in [5, 5.41) is 2.82. The van der Waals surface area contributed by atoms with E-state index in [2.05, 4.69) is 12.2 Å². The molecule has 0 saturated carbocycles. The lowest BCUT2D eigenvalue weighted by atomic mass is 10.1. The van der Waals surface area contributed by atoms with Crippen molar-refractivity contribution in [3.8, 4) is 0 Å². The highest BCUT2D eigenvalue weighted by Crippen LogP contribution is 2.17. The predicted molar refractivity (Wildman–Crippen MR) is 110 cm³/mol. The molecule has 0 radical (unpaired) electrons. The van der Waals surface area contributed by atoms with Crippen molar-refractivity contribution in [1.82, 2.24) is 4.31 Å². The Morgan fingerprint density at radius 2 is 1.70 bits per heavy atom. The monoisotopic (exact) mass is 386 g/mol. The average molecular weight is 387 g/mol. The Balaban J connectivity index is 2.06. The third-order valence-electron chi connectivity index (χ3n) is 4.25. The van der Waals surface area contributed by atoms with Crippen molar-refractivity contribution in [2.45, 2.75) is 32.1 Å².